The molecule has 1 N–H and O–H groups in total. The number of carbonyl (C=O) groups excluding carboxylic acids is 2. The highest BCUT2D eigenvalue weighted by Crippen LogP contribution is 2.41. The first-order valence-corrected chi connectivity index (χ1v) is 10.3. The number of methoxy groups -OCH3 is 1. The highest BCUT2D eigenvalue weighted by molar-refractivity contribution is 6.07. The van der Waals surface area contributed by atoms with E-state index < -0.39 is 5.54 Å². The second-order valence-corrected chi connectivity index (χ2v) is 7.97. The molecule has 0 bridgehead atoms. The number of halogens is 1. The van der Waals surface area contributed by atoms with Crippen molar-refractivity contribution in [2.75, 3.05) is 34.0 Å². The van der Waals surface area contributed by atoms with Crippen LogP contribution in [0.5, 0.6) is 11.5 Å². The van der Waals surface area contributed by atoms with Gasteiger partial charge in [-0.3, -0.25) is 9.69 Å². The number of imide groups is 1. The van der Waals surface area contributed by atoms with E-state index in [1.807, 2.05) is 30.1 Å². The van der Waals surface area contributed by atoms with Crippen molar-refractivity contribution in [1.29, 1.82) is 0 Å². The van der Waals surface area contributed by atoms with E-state index in [2.05, 4.69) is 5.32 Å². The molecule has 1 saturated heterocycles. The summed E-state index contributed by atoms with van der Waals surface area (Å²) in [4.78, 5) is 29.2. The molecule has 1 spiro atoms. The molecule has 0 aromatic heterocycles. The number of benzene rings is 2. The van der Waals surface area contributed by atoms with Gasteiger partial charge >= 0.3 is 6.03 Å². The fourth-order valence-corrected chi connectivity index (χ4v) is 4.27. The smallest absolute Gasteiger partial charge is 0.326 e. The number of nitrogens with zero attached hydrogens (tertiary/aromatic N) is 2. The predicted molar refractivity (Wildman–Crippen MR) is 112 cm³/mol. The summed E-state index contributed by atoms with van der Waals surface area (Å²) in [6.45, 7) is 0.999. The third kappa shape index (κ3) is 4.07. The molecule has 0 radical (unpaired) electrons. The zero-order valence-electron chi connectivity index (χ0n) is 17.7. The van der Waals surface area contributed by atoms with Crippen LogP contribution in [0.1, 0.15) is 24.0 Å². The second-order valence-electron chi connectivity index (χ2n) is 7.97. The molecule has 3 amide bonds. The monoisotopic (exact) mass is 427 g/mol. The van der Waals surface area contributed by atoms with Gasteiger partial charge in [-0.25, -0.2) is 14.1 Å². The Bertz CT molecular complexity index is 981. The minimum absolute atomic E-state index is 0.157. The lowest BCUT2D eigenvalue weighted by Crippen LogP contribution is -2.47. The summed E-state index contributed by atoms with van der Waals surface area (Å²) in [7, 11) is 3.43. The van der Waals surface area contributed by atoms with Crippen LogP contribution in [-0.4, -0.2) is 55.7 Å². The van der Waals surface area contributed by atoms with Gasteiger partial charge in [-0.15, -0.1) is 0 Å². The molecule has 2 aromatic rings. The predicted octanol–water partition coefficient (Wildman–Crippen LogP) is 2.89. The minimum atomic E-state index is -1.01. The Labute approximate surface area is 180 Å². The Balaban J connectivity index is 1.41. The SMILES string of the molecule is COc1ccc2c(c1)CCC[C@@]21NC(=O)N(CN(C)CCOc2ccc(F)cc2)C1=O. The number of urea groups is 1. The van der Waals surface area contributed by atoms with Gasteiger partial charge in [-0.05, 0) is 73.8 Å². The molecular formula is C23H26FN3O4. The first-order valence-electron chi connectivity index (χ1n) is 10.3. The largest absolute Gasteiger partial charge is 0.497 e. The molecule has 1 atom stereocenters. The van der Waals surface area contributed by atoms with Gasteiger partial charge in [-0.2, -0.15) is 0 Å². The number of hydrogen-bond acceptors (Lipinski definition) is 5. The van der Waals surface area contributed by atoms with E-state index in [4.69, 9.17) is 9.47 Å². The van der Waals surface area contributed by atoms with Gasteiger partial charge < -0.3 is 14.8 Å². The van der Waals surface area contributed by atoms with Crippen molar-refractivity contribution in [3.05, 3.63) is 59.4 Å². The molecule has 4 rings (SSSR count). The molecule has 164 valence electrons. The number of rotatable bonds is 7. The first kappa shape index (κ1) is 21.1. The van der Waals surface area contributed by atoms with Crippen LogP contribution < -0.4 is 14.8 Å². The van der Waals surface area contributed by atoms with Gasteiger partial charge in [0.25, 0.3) is 5.91 Å². The average Bonchev–Trinajstić information content (AvgIpc) is 2.99. The summed E-state index contributed by atoms with van der Waals surface area (Å²) in [5, 5.41) is 2.96. The summed E-state index contributed by atoms with van der Waals surface area (Å²) in [5.74, 6) is 0.762. The Morgan fingerprint density at radius 3 is 2.65 bits per heavy atom. The Hall–Kier alpha value is -3.13. The maximum absolute atomic E-state index is 13.4. The number of nitrogens with one attached hydrogen (secondary N) is 1. The van der Waals surface area contributed by atoms with E-state index in [0.29, 0.717) is 25.3 Å². The van der Waals surface area contributed by atoms with Gasteiger partial charge in [0, 0.05) is 6.54 Å². The van der Waals surface area contributed by atoms with Crippen LogP contribution in [0.2, 0.25) is 0 Å². The molecule has 0 unspecified atom stereocenters. The molecule has 0 saturated carbocycles. The lowest BCUT2D eigenvalue weighted by atomic mass is 9.76. The lowest BCUT2D eigenvalue weighted by Gasteiger charge is -2.33. The number of fused-ring (bicyclic) bond motifs is 2. The fourth-order valence-electron chi connectivity index (χ4n) is 4.27. The zero-order chi connectivity index (χ0) is 22.0. The van der Waals surface area contributed by atoms with E-state index in [-0.39, 0.29) is 24.4 Å². The Morgan fingerprint density at radius 2 is 1.90 bits per heavy atom. The third-order valence-corrected chi connectivity index (χ3v) is 5.88. The average molecular weight is 427 g/mol. The standard InChI is InChI=1S/C23H26FN3O4/c1-26(12-13-31-18-7-5-17(24)6-8-18)15-27-21(28)23(25-22(27)29)11-3-4-16-14-19(30-2)9-10-20(16)23/h5-10,14H,3-4,11-13,15H2,1-2H3,(H,25,29)/t23-/m1/s1. The zero-order valence-corrected chi connectivity index (χ0v) is 17.7. The third-order valence-electron chi connectivity index (χ3n) is 5.88. The summed E-state index contributed by atoms with van der Waals surface area (Å²) < 4.78 is 23.9. The number of amides is 3. The topological polar surface area (TPSA) is 71.1 Å². The quantitative estimate of drug-likeness (QED) is 0.688. The molecular weight excluding hydrogens is 401 g/mol. The molecule has 2 aliphatic rings. The summed E-state index contributed by atoms with van der Waals surface area (Å²) >= 11 is 0. The summed E-state index contributed by atoms with van der Waals surface area (Å²) in [5.41, 5.74) is 0.868. The number of ether oxygens (including phenoxy) is 2. The van der Waals surface area contributed by atoms with Crippen LogP contribution in [0.15, 0.2) is 42.5 Å². The molecule has 1 aliphatic carbocycles. The van der Waals surface area contributed by atoms with Gasteiger partial charge in [0.2, 0.25) is 0 Å². The molecule has 7 nitrogen and oxygen atoms in total. The van der Waals surface area contributed by atoms with E-state index in [1.54, 1.807) is 19.2 Å². The van der Waals surface area contributed by atoms with Crippen LogP contribution in [0.4, 0.5) is 9.18 Å². The highest BCUT2D eigenvalue weighted by Gasteiger charge is 2.54. The van der Waals surface area contributed by atoms with Crippen molar-refractivity contribution in [2.24, 2.45) is 0 Å². The van der Waals surface area contributed by atoms with Gasteiger partial charge in [0.05, 0.1) is 13.8 Å². The van der Waals surface area contributed by atoms with Crippen LogP contribution in [-0.2, 0) is 16.8 Å². The molecule has 1 fully saturated rings. The normalized spacial score (nSPS) is 20.2. The molecule has 8 heteroatoms. The molecule has 2 aromatic carbocycles. The van der Waals surface area contributed by atoms with Crippen molar-refractivity contribution in [3.8, 4) is 11.5 Å². The highest BCUT2D eigenvalue weighted by atomic mass is 19.1. The first-order chi connectivity index (χ1) is 14.9. The summed E-state index contributed by atoms with van der Waals surface area (Å²) in [6, 6.07) is 11.1. The van der Waals surface area contributed by atoms with Crippen molar-refractivity contribution < 1.29 is 23.5 Å². The maximum atomic E-state index is 13.4. The maximum Gasteiger partial charge on any atom is 0.326 e. The fraction of sp³-hybridized carbons (Fsp3) is 0.391. The van der Waals surface area contributed by atoms with E-state index >= 15 is 0 Å². The van der Waals surface area contributed by atoms with Crippen molar-refractivity contribution >= 4 is 11.9 Å². The lowest BCUT2D eigenvalue weighted by molar-refractivity contribution is -0.133. The minimum Gasteiger partial charge on any atom is -0.497 e. The van der Waals surface area contributed by atoms with Gasteiger partial charge in [0.1, 0.15) is 29.5 Å². The molecule has 1 aliphatic heterocycles. The van der Waals surface area contributed by atoms with Crippen LogP contribution in [0.3, 0.4) is 0 Å². The Kier molecular flexibility index (Phi) is 5.82. The van der Waals surface area contributed by atoms with E-state index in [1.165, 1.54) is 17.0 Å². The number of aryl methyl sites for hydroxylation is 1. The summed E-state index contributed by atoms with van der Waals surface area (Å²) in [6.07, 6.45) is 2.23. The van der Waals surface area contributed by atoms with Crippen molar-refractivity contribution in [2.45, 2.75) is 24.8 Å². The van der Waals surface area contributed by atoms with Crippen molar-refractivity contribution in [3.63, 3.8) is 0 Å². The molecule has 1 heterocycles. The number of hydrogen-bond donors (Lipinski definition) is 1. The van der Waals surface area contributed by atoms with Crippen LogP contribution in [0, 0.1) is 5.82 Å². The number of likely N-dealkylation sites (N-methyl/N-ethyl adjacent to an activating group) is 1. The Morgan fingerprint density at radius 1 is 1.16 bits per heavy atom. The number of carbonyl (C=O) groups is 2. The van der Waals surface area contributed by atoms with Crippen molar-refractivity contribution in [1.82, 2.24) is 15.1 Å². The second kappa shape index (κ2) is 8.55. The van der Waals surface area contributed by atoms with E-state index in [0.717, 1.165) is 29.7 Å². The van der Waals surface area contributed by atoms with Crippen LogP contribution >= 0.6 is 0 Å². The van der Waals surface area contributed by atoms with Gasteiger partial charge in [-0.1, -0.05) is 6.07 Å². The van der Waals surface area contributed by atoms with Crippen LogP contribution in [0.25, 0.3) is 0 Å². The molecule has 31 heavy (non-hydrogen) atoms. The van der Waals surface area contributed by atoms with E-state index in [9.17, 15) is 14.0 Å². The van der Waals surface area contributed by atoms with Gasteiger partial charge in [0.15, 0.2) is 0 Å².